The van der Waals surface area contributed by atoms with Gasteiger partial charge in [-0.2, -0.15) is 0 Å². The first-order chi connectivity index (χ1) is 8.22. The fraction of sp³-hybridized carbons (Fsp3) is 0.538. The van der Waals surface area contributed by atoms with Crippen LogP contribution in [0.3, 0.4) is 0 Å². The van der Waals surface area contributed by atoms with Crippen molar-refractivity contribution in [1.82, 2.24) is 5.32 Å². The Morgan fingerprint density at radius 1 is 1.29 bits per heavy atom. The van der Waals surface area contributed by atoms with Crippen LogP contribution in [0.25, 0.3) is 0 Å². The lowest BCUT2D eigenvalue weighted by Gasteiger charge is -2.15. The lowest BCUT2D eigenvalue weighted by Crippen LogP contribution is -2.15. The van der Waals surface area contributed by atoms with Crippen molar-refractivity contribution >= 4 is 15.9 Å². The number of rotatable bonds is 7. The van der Waals surface area contributed by atoms with Crippen molar-refractivity contribution in [2.24, 2.45) is 0 Å². The van der Waals surface area contributed by atoms with Crippen LogP contribution in [0.2, 0.25) is 0 Å². The smallest absolute Gasteiger partial charge is 0.165 e. The van der Waals surface area contributed by atoms with E-state index in [9.17, 15) is 0 Å². The number of methoxy groups -OCH3 is 1. The first-order valence-electron chi connectivity index (χ1n) is 5.92. The first kappa shape index (κ1) is 14.3. The zero-order valence-electron chi connectivity index (χ0n) is 10.7. The molecule has 3 nitrogen and oxygen atoms in total. The summed E-state index contributed by atoms with van der Waals surface area (Å²) in [6.07, 6.45) is 1.12. The van der Waals surface area contributed by atoms with E-state index in [1.54, 1.807) is 7.11 Å². The zero-order valence-corrected chi connectivity index (χ0v) is 12.3. The van der Waals surface area contributed by atoms with Crippen molar-refractivity contribution in [3.63, 3.8) is 0 Å². The molecule has 0 spiro atoms. The molecule has 0 aromatic heterocycles. The molecule has 0 saturated carbocycles. The van der Waals surface area contributed by atoms with Crippen LogP contribution in [0.15, 0.2) is 16.6 Å². The average molecular weight is 302 g/mol. The van der Waals surface area contributed by atoms with Crippen molar-refractivity contribution in [2.75, 3.05) is 20.3 Å². The molecule has 1 rings (SSSR count). The Hall–Kier alpha value is -0.740. The van der Waals surface area contributed by atoms with E-state index in [1.165, 1.54) is 0 Å². The number of halogens is 1. The van der Waals surface area contributed by atoms with Crippen molar-refractivity contribution in [2.45, 2.75) is 26.8 Å². The number of ether oxygens (including phenoxy) is 2. The zero-order chi connectivity index (χ0) is 12.7. The Labute approximate surface area is 112 Å². The molecular weight excluding hydrogens is 282 g/mol. The molecule has 1 aromatic carbocycles. The summed E-state index contributed by atoms with van der Waals surface area (Å²) in [5.74, 6) is 1.61. The Balaban J connectivity index is 2.93. The second-order valence-corrected chi connectivity index (χ2v) is 4.62. The van der Waals surface area contributed by atoms with Gasteiger partial charge in [0.25, 0.3) is 0 Å². The van der Waals surface area contributed by atoms with Crippen molar-refractivity contribution in [3.8, 4) is 11.5 Å². The van der Waals surface area contributed by atoms with E-state index in [1.807, 2.05) is 13.0 Å². The van der Waals surface area contributed by atoms with Gasteiger partial charge in [-0.15, -0.1) is 0 Å². The minimum atomic E-state index is 0.638. The van der Waals surface area contributed by atoms with Gasteiger partial charge in [0.05, 0.1) is 13.7 Å². The SMILES string of the molecule is CCCNCc1cc(Br)cc(OC)c1OCC. The largest absolute Gasteiger partial charge is 0.493 e. The van der Waals surface area contributed by atoms with Crippen LogP contribution < -0.4 is 14.8 Å². The molecule has 0 aliphatic carbocycles. The molecule has 0 bridgehead atoms. The molecular formula is C13H20BrNO2. The standard InChI is InChI=1S/C13H20BrNO2/c1-4-6-15-9-10-7-11(14)8-12(16-3)13(10)17-5-2/h7-8,15H,4-6,9H2,1-3H3. The number of hydrogen-bond donors (Lipinski definition) is 1. The van der Waals surface area contributed by atoms with Crippen LogP contribution in [-0.4, -0.2) is 20.3 Å². The first-order valence-corrected chi connectivity index (χ1v) is 6.72. The third kappa shape index (κ3) is 4.21. The highest BCUT2D eigenvalue weighted by Crippen LogP contribution is 2.34. The molecule has 0 fully saturated rings. The van der Waals surface area contributed by atoms with E-state index in [-0.39, 0.29) is 0 Å². The Morgan fingerprint density at radius 2 is 2.06 bits per heavy atom. The Kier molecular flexibility index (Phi) is 6.37. The molecule has 1 N–H and O–H groups in total. The van der Waals surface area contributed by atoms with Crippen LogP contribution in [0.1, 0.15) is 25.8 Å². The highest BCUT2D eigenvalue weighted by molar-refractivity contribution is 9.10. The minimum Gasteiger partial charge on any atom is -0.493 e. The van der Waals surface area contributed by atoms with E-state index in [4.69, 9.17) is 9.47 Å². The Morgan fingerprint density at radius 3 is 2.65 bits per heavy atom. The summed E-state index contributed by atoms with van der Waals surface area (Å²) < 4.78 is 12.0. The second kappa shape index (κ2) is 7.56. The molecule has 0 unspecified atom stereocenters. The summed E-state index contributed by atoms with van der Waals surface area (Å²) in [4.78, 5) is 0. The Bertz CT molecular complexity index is 356. The maximum absolute atomic E-state index is 5.66. The van der Waals surface area contributed by atoms with Gasteiger partial charge in [-0.05, 0) is 32.0 Å². The molecule has 0 saturated heterocycles. The monoisotopic (exact) mass is 301 g/mol. The summed E-state index contributed by atoms with van der Waals surface area (Å²) >= 11 is 3.48. The maximum atomic E-state index is 5.66. The van der Waals surface area contributed by atoms with Crippen molar-refractivity contribution in [1.29, 1.82) is 0 Å². The molecule has 0 aliphatic rings. The fourth-order valence-electron chi connectivity index (χ4n) is 1.61. The van der Waals surface area contributed by atoms with Gasteiger partial charge < -0.3 is 14.8 Å². The van der Waals surface area contributed by atoms with Gasteiger partial charge >= 0.3 is 0 Å². The molecule has 0 atom stereocenters. The molecule has 17 heavy (non-hydrogen) atoms. The van der Waals surface area contributed by atoms with E-state index in [0.29, 0.717) is 6.61 Å². The maximum Gasteiger partial charge on any atom is 0.165 e. The third-order valence-corrected chi connectivity index (χ3v) is 2.81. The van der Waals surface area contributed by atoms with Gasteiger partial charge in [-0.25, -0.2) is 0 Å². The quantitative estimate of drug-likeness (QED) is 0.784. The normalized spacial score (nSPS) is 10.4. The second-order valence-electron chi connectivity index (χ2n) is 3.71. The van der Waals surface area contributed by atoms with Gasteiger partial charge in [0.1, 0.15) is 0 Å². The molecule has 0 heterocycles. The molecule has 0 amide bonds. The molecule has 1 aromatic rings. The molecule has 0 aliphatic heterocycles. The summed E-state index contributed by atoms with van der Waals surface area (Å²) in [5, 5.41) is 3.37. The van der Waals surface area contributed by atoms with Crippen LogP contribution in [-0.2, 0) is 6.54 Å². The van der Waals surface area contributed by atoms with E-state index in [2.05, 4.69) is 34.2 Å². The van der Waals surface area contributed by atoms with Gasteiger partial charge in [0.2, 0.25) is 0 Å². The molecule has 96 valence electrons. The highest BCUT2D eigenvalue weighted by Gasteiger charge is 2.11. The average Bonchev–Trinajstić information content (AvgIpc) is 2.32. The van der Waals surface area contributed by atoms with Crippen molar-refractivity contribution in [3.05, 3.63) is 22.2 Å². The summed E-state index contributed by atoms with van der Waals surface area (Å²) in [6.45, 7) is 6.56. The highest BCUT2D eigenvalue weighted by atomic mass is 79.9. The number of hydrogen-bond acceptors (Lipinski definition) is 3. The summed E-state index contributed by atoms with van der Waals surface area (Å²) in [6, 6.07) is 3.99. The van der Waals surface area contributed by atoms with Crippen LogP contribution in [0.5, 0.6) is 11.5 Å². The van der Waals surface area contributed by atoms with Crippen molar-refractivity contribution < 1.29 is 9.47 Å². The predicted octanol–water partition coefficient (Wildman–Crippen LogP) is 3.36. The van der Waals surface area contributed by atoms with Gasteiger partial charge in [-0.3, -0.25) is 0 Å². The lowest BCUT2D eigenvalue weighted by atomic mass is 10.2. The van der Waals surface area contributed by atoms with Crippen LogP contribution in [0, 0.1) is 0 Å². The molecule has 0 radical (unpaired) electrons. The number of nitrogens with one attached hydrogen (secondary N) is 1. The lowest BCUT2D eigenvalue weighted by molar-refractivity contribution is 0.306. The third-order valence-electron chi connectivity index (χ3n) is 2.35. The van der Waals surface area contributed by atoms with Gasteiger partial charge in [-0.1, -0.05) is 22.9 Å². The van der Waals surface area contributed by atoms with Crippen LogP contribution >= 0.6 is 15.9 Å². The fourth-order valence-corrected chi connectivity index (χ4v) is 2.10. The van der Waals surface area contributed by atoms with E-state index >= 15 is 0 Å². The summed E-state index contributed by atoms with van der Waals surface area (Å²) in [5.41, 5.74) is 1.12. The van der Waals surface area contributed by atoms with E-state index < -0.39 is 0 Å². The molecule has 4 heteroatoms. The van der Waals surface area contributed by atoms with Gasteiger partial charge in [0, 0.05) is 16.6 Å². The number of benzene rings is 1. The van der Waals surface area contributed by atoms with E-state index in [0.717, 1.165) is 41.0 Å². The summed E-state index contributed by atoms with van der Waals surface area (Å²) in [7, 11) is 1.66. The van der Waals surface area contributed by atoms with Crippen LogP contribution in [0.4, 0.5) is 0 Å². The predicted molar refractivity (Wildman–Crippen MR) is 73.9 cm³/mol. The minimum absolute atomic E-state index is 0.638. The topological polar surface area (TPSA) is 30.5 Å². The van der Waals surface area contributed by atoms with Gasteiger partial charge in [0.15, 0.2) is 11.5 Å².